The second-order valence-corrected chi connectivity index (χ2v) is 6.03. The molecule has 2 bridgehead atoms. The van der Waals surface area contributed by atoms with E-state index in [0.29, 0.717) is 11.8 Å². The molecule has 3 atom stereocenters. The van der Waals surface area contributed by atoms with E-state index in [1.54, 1.807) is 0 Å². The van der Waals surface area contributed by atoms with Gasteiger partial charge in [-0.3, -0.25) is 9.69 Å². The van der Waals surface area contributed by atoms with Crippen LogP contribution < -0.4 is 0 Å². The van der Waals surface area contributed by atoms with Gasteiger partial charge >= 0.3 is 0 Å². The first-order chi connectivity index (χ1) is 9.29. The first-order valence-electron chi connectivity index (χ1n) is 7.62. The van der Waals surface area contributed by atoms with Gasteiger partial charge in [-0.15, -0.1) is 0 Å². The Balaban J connectivity index is 1.78. The van der Waals surface area contributed by atoms with Crippen molar-refractivity contribution < 1.29 is 4.79 Å². The summed E-state index contributed by atoms with van der Waals surface area (Å²) >= 11 is 0. The summed E-state index contributed by atoms with van der Waals surface area (Å²) in [6, 6.07) is 11.4. The summed E-state index contributed by atoms with van der Waals surface area (Å²) in [6.45, 7) is 3.20. The van der Waals surface area contributed by atoms with Gasteiger partial charge in [0.1, 0.15) is 5.78 Å². The summed E-state index contributed by atoms with van der Waals surface area (Å²) in [5.74, 6) is 1.22. The van der Waals surface area contributed by atoms with E-state index in [0.717, 1.165) is 31.7 Å². The first-order valence-corrected chi connectivity index (χ1v) is 7.62. The van der Waals surface area contributed by atoms with Crippen LogP contribution in [0, 0.1) is 5.92 Å². The van der Waals surface area contributed by atoms with E-state index < -0.39 is 0 Å². The predicted octanol–water partition coefficient (Wildman–Crippen LogP) is 3.41. The lowest BCUT2D eigenvalue weighted by Crippen LogP contribution is -2.45. The number of carbonyl (C=O) groups is 1. The zero-order valence-corrected chi connectivity index (χ0v) is 11.7. The van der Waals surface area contributed by atoms with Crippen molar-refractivity contribution in [1.82, 2.24) is 4.90 Å². The molecule has 0 radical (unpaired) electrons. The minimum absolute atomic E-state index is 0.204. The lowest BCUT2D eigenvalue weighted by Gasteiger charge is -2.35. The molecule has 0 amide bonds. The number of hydrogen-bond acceptors (Lipinski definition) is 2. The number of carbonyl (C=O) groups excluding carboxylic acids is 1. The van der Waals surface area contributed by atoms with Gasteiger partial charge in [0.05, 0.1) is 6.04 Å². The van der Waals surface area contributed by atoms with E-state index in [9.17, 15) is 4.79 Å². The first kappa shape index (κ1) is 12.9. The molecule has 3 rings (SSSR count). The maximum absolute atomic E-state index is 12.2. The van der Waals surface area contributed by atoms with E-state index in [4.69, 9.17) is 0 Å². The van der Waals surface area contributed by atoms with Crippen LogP contribution >= 0.6 is 0 Å². The number of benzene rings is 1. The van der Waals surface area contributed by atoms with Crippen molar-refractivity contribution in [3.8, 4) is 0 Å². The molecule has 1 aromatic carbocycles. The molecule has 19 heavy (non-hydrogen) atoms. The third-order valence-corrected chi connectivity index (χ3v) is 4.82. The predicted molar refractivity (Wildman–Crippen MR) is 76.8 cm³/mol. The van der Waals surface area contributed by atoms with Crippen molar-refractivity contribution >= 4 is 5.78 Å². The van der Waals surface area contributed by atoms with Crippen molar-refractivity contribution in [3.05, 3.63) is 35.9 Å². The van der Waals surface area contributed by atoms with Crippen LogP contribution in [0.2, 0.25) is 0 Å². The molecule has 0 aliphatic carbocycles. The second-order valence-electron chi connectivity index (χ2n) is 6.03. The molecule has 0 unspecified atom stereocenters. The monoisotopic (exact) mass is 257 g/mol. The molecule has 2 aliphatic rings. The minimum Gasteiger partial charge on any atom is -0.298 e. The summed E-state index contributed by atoms with van der Waals surface area (Å²) in [4.78, 5) is 14.6. The lowest BCUT2D eigenvalue weighted by molar-refractivity contribution is -0.126. The van der Waals surface area contributed by atoms with Gasteiger partial charge in [0.15, 0.2) is 0 Å². The van der Waals surface area contributed by atoms with Gasteiger partial charge in [-0.2, -0.15) is 0 Å². The van der Waals surface area contributed by atoms with Crippen LogP contribution in [0.25, 0.3) is 0 Å². The summed E-state index contributed by atoms with van der Waals surface area (Å²) in [5, 5.41) is 0. The van der Waals surface area contributed by atoms with E-state index >= 15 is 0 Å². The van der Waals surface area contributed by atoms with Gasteiger partial charge in [0, 0.05) is 19.0 Å². The highest BCUT2D eigenvalue weighted by atomic mass is 16.1. The van der Waals surface area contributed by atoms with Crippen molar-refractivity contribution in [2.75, 3.05) is 0 Å². The third kappa shape index (κ3) is 2.46. The zero-order chi connectivity index (χ0) is 13.2. The number of piperidine rings is 1. The van der Waals surface area contributed by atoms with Crippen molar-refractivity contribution in [3.63, 3.8) is 0 Å². The minimum atomic E-state index is 0.204. The molecule has 2 aliphatic heterocycles. The van der Waals surface area contributed by atoms with E-state index in [-0.39, 0.29) is 6.04 Å². The fraction of sp³-hybridized carbons (Fsp3) is 0.588. The molecule has 2 saturated heterocycles. The van der Waals surface area contributed by atoms with Gasteiger partial charge in [0.25, 0.3) is 0 Å². The van der Waals surface area contributed by atoms with Gasteiger partial charge in [-0.25, -0.2) is 0 Å². The van der Waals surface area contributed by atoms with Crippen molar-refractivity contribution in [1.29, 1.82) is 0 Å². The van der Waals surface area contributed by atoms with Gasteiger partial charge in [-0.1, -0.05) is 43.7 Å². The average Bonchev–Trinajstić information content (AvgIpc) is 2.66. The number of nitrogens with zero attached hydrogens (tertiary/aromatic N) is 1. The fourth-order valence-electron chi connectivity index (χ4n) is 3.96. The Kier molecular flexibility index (Phi) is 3.69. The molecule has 0 saturated carbocycles. The van der Waals surface area contributed by atoms with Crippen molar-refractivity contribution in [2.24, 2.45) is 5.92 Å². The average molecular weight is 257 g/mol. The van der Waals surface area contributed by atoms with Gasteiger partial charge in [-0.05, 0) is 30.7 Å². The van der Waals surface area contributed by atoms with Crippen LogP contribution in [0.4, 0.5) is 0 Å². The fourth-order valence-corrected chi connectivity index (χ4v) is 3.96. The van der Waals surface area contributed by atoms with Crippen molar-refractivity contribution in [2.45, 2.75) is 57.7 Å². The zero-order valence-electron chi connectivity index (χ0n) is 11.7. The third-order valence-electron chi connectivity index (χ3n) is 4.82. The Morgan fingerprint density at radius 3 is 2.79 bits per heavy atom. The smallest absolute Gasteiger partial charge is 0.150 e. The van der Waals surface area contributed by atoms with Crippen LogP contribution in [0.15, 0.2) is 30.3 Å². The van der Waals surface area contributed by atoms with E-state index in [2.05, 4.69) is 42.2 Å². The van der Waals surface area contributed by atoms with E-state index in [1.807, 2.05) is 0 Å². The molecule has 102 valence electrons. The number of fused-ring (bicyclic) bond motifs is 2. The largest absolute Gasteiger partial charge is 0.298 e. The maximum atomic E-state index is 12.2. The van der Waals surface area contributed by atoms with Crippen LogP contribution in [-0.2, 0) is 11.3 Å². The van der Waals surface area contributed by atoms with Crippen LogP contribution in [0.5, 0.6) is 0 Å². The van der Waals surface area contributed by atoms with Gasteiger partial charge in [0.2, 0.25) is 0 Å². The molecule has 2 fully saturated rings. The standard InChI is InChI=1S/C17H23NO/c1-2-6-14-11-16-17(19)10-9-15(14)18(16)12-13-7-4-3-5-8-13/h3-5,7-8,14-16H,2,6,9-12H2,1H3/t14-,15-,16-/m1/s1. The molecule has 2 nitrogen and oxygen atoms in total. The highest BCUT2D eigenvalue weighted by Gasteiger charge is 2.46. The van der Waals surface area contributed by atoms with Crippen LogP contribution in [0.1, 0.15) is 44.6 Å². The summed E-state index contributed by atoms with van der Waals surface area (Å²) < 4.78 is 0. The Morgan fingerprint density at radius 2 is 2.05 bits per heavy atom. The van der Waals surface area contributed by atoms with Gasteiger partial charge < -0.3 is 0 Å². The van der Waals surface area contributed by atoms with Crippen LogP contribution in [-0.4, -0.2) is 22.8 Å². The van der Waals surface area contributed by atoms with Crippen LogP contribution in [0.3, 0.4) is 0 Å². The number of ketones is 1. The van der Waals surface area contributed by atoms with E-state index in [1.165, 1.54) is 18.4 Å². The Labute approximate surface area is 115 Å². The Bertz CT molecular complexity index is 442. The topological polar surface area (TPSA) is 20.3 Å². The molecule has 0 aromatic heterocycles. The molecule has 0 spiro atoms. The summed E-state index contributed by atoms with van der Waals surface area (Å²) in [7, 11) is 0. The Morgan fingerprint density at radius 1 is 1.26 bits per heavy atom. The normalized spacial score (nSPS) is 30.8. The second kappa shape index (κ2) is 5.46. The summed E-state index contributed by atoms with van der Waals surface area (Å²) in [5.41, 5.74) is 1.34. The molecular weight excluding hydrogens is 234 g/mol. The summed E-state index contributed by atoms with van der Waals surface area (Å²) in [6.07, 6.45) is 5.50. The number of hydrogen-bond donors (Lipinski definition) is 0. The number of rotatable bonds is 4. The Hall–Kier alpha value is -1.15. The highest BCUT2D eigenvalue weighted by molar-refractivity contribution is 5.85. The SMILES string of the molecule is CCC[C@@H]1C[C@@H]2C(=O)CC[C@H]1N2Cc1ccccc1. The molecule has 1 aromatic rings. The molecular formula is C17H23NO. The molecule has 0 N–H and O–H groups in total. The highest BCUT2D eigenvalue weighted by Crippen LogP contribution is 2.40. The molecule has 2 heterocycles. The lowest BCUT2D eigenvalue weighted by atomic mass is 9.93. The maximum Gasteiger partial charge on any atom is 0.150 e. The quantitative estimate of drug-likeness (QED) is 0.824. The molecule has 2 heteroatoms. The number of Topliss-reactive ketones (excluding diaryl/α,β-unsaturated/α-hetero) is 1.